The third kappa shape index (κ3) is 3.00. The second-order valence-electron chi connectivity index (χ2n) is 4.04. The molecule has 1 aromatic carbocycles. The van der Waals surface area contributed by atoms with Gasteiger partial charge in [-0.15, -0.1) is 0 Å². The number of nitrogen functional groups attached to an aromatic ring is 1. The molecule has 0 saturated heterocycles. The van der Waals surface area contributed by atoms with Gasteiger partial charge in [-0.25, -0.2) is 9.37 Å². The van der Waals surface area contributed by atoms with E-state index in [0.29, 0.717) is 5.69 Å². The van der Waals surface area contributed by atoms with Gasteiger partial charge in [0.05, 0.1) is 11.3 Å². The molecule has 1 heterocycles. The predicted octanol–water partition coefficient (Wildman–Crippen LogP) is 3.02. The van der Waals surface area contributed by atoms with Crippen molar-refractivity contribution in [3.8, 4) is 0 Å². The number of aryl methyl sites for hydroxylation is 1. The third-order valence-corrected chi connectivity index (χ3v) is 2.76. The lowest BCUT2D eigenvalue weighted by Gasteiger charge is -2.08. The monoisotopic (exact) mass is 279 g/mol. The van der Waals surface area contributed by atoms with Gasteiger partial charge in [-0.2, -0.15) is 0 Å². The van der Waals surface area contributed by atoms with Crippen molar-refractivity contribution in [1.29, 1.82) is 0 Å². The van der Waals surface area contributed by atoms with Gasteiger partial charge in [0.15, 0.2) is 5.15 Å². The first-order valence-corrected chi connectivity index (χ1v) is 5.83. The Morgan fingerprint density at radius 1 is 1.42 bits per heavy atom. The number of amides is 1. The lowest BCUT2D eigenvalue weighted by molar-refractivity contribution is 0.102. The molecule has 2 aromatic rings. The Morgan fingerprint density at radius 2 is 2.16 bits per heavy atom. The number of halogens is 2. The Bertz CT molecular complexity index is 646. The highest BCUT2D eigenvalue weighted by atomic mass is 35.5. The Kier molecular flexibility index (Phi) is 3.66. The summed E-state index contributed by atoms with van der Waals surface area (Å²) in [4.78, 5) is 15.8. The number of pyridine rings is 1. The first kappa shape index (κ1) is 13.3. The van der Waals surface area contributed by atoms with E-state index in [4.69, 9.17) is 17.3 Å². The molecule has 6 heteroatoms. The fourth-order valence-electron chi connectivity index (χ4n) is 1.55. The molecule has 0 aliphatic rings. The zero-order chi connectivity index (χ0) is 14.0. The van der Waals surface area contributed by atoms with Crippen molar-refractivity contribution in [2.24, 2.45) is 0 Å². The first-order chi connectivity index (χ1) is 8.97. The Hall–Kier alpha value is -2.14. The minimum Gasteiger partial charge on any atom is -0.399 e. The third-order valence-electron chi connectivity index (χ3n) is 2.46. The van der Waals surface area contributed by atoms with E-state index >= 15 is 0 Å². The average molecular weight is 280 g/mol. The smallest absolute Gasteiger partial charge is 0.258 e. The van der Waals surface area contributed by atoms with Crippen LogP contribution >= 0.6 is 11.6 Å². The summed E-state index contributed by atoms with van der Waals surface area (Å²) < 4.78 is 13.6. The lowest BCUT2D eigenvalue weighted by Crippen LogP contribution is -2.14. The number of benzene rings is 1. The fraction of sp³-hybridized carbons (Fsp3) is 0.0769. The van der Waals surface area contributed by atoms with Crippen LogP contribution in [0, 0.1) is 12.7 Å². The number of anilines is 2. The van der Waals surface area contributed by atoms with Crippen molar-refractivity contribution in [1.82, 2.24) is 4.98 Å². The number of carbonyl (C=O) groups is 1. The SMILES string of the molecule is Cc1cnc(Cl)c(NC(=O)c2ccc(N)cc2F)c1. The van der Waals surface area contributed by atoms with Crippen molar-refractivity contribution in [2.75, 3.05) is 11.1 Å². The molecule has 0 radical (unpaired) electrons. The summed E-state index contributed by atoms with van der Waals surface area (Å²) in [5.74, 6) is -1.29. The molecular weight excluding hydrogens is 269 g/mol. The number of nitrogens with zero attached hydrogens (tertiary/aromatic N) is 1. The molecule has 0 bridgehead atoms. The highest BCUT2D eigenvalue weighted by Gasteiger charge is 2.13. The van der Waals surface area contributed by atoms with Crippen molar-refractivity contribution in [3.05, 3.63) is 52.6 Å². The molecule has 0 aliphatic heterocycles. The van der Waals surface area contributed by atoms with E-state index in [1.807, 2.05) is 6.92 Å². The Morgan fingerprint density at radius 3 is 2.84 bits per heavy atom. The molecule has 1 amide bonds. The average Bonchev–Trinajstić information content (AvgIpc) is 2.33. The standard InChI is InChI=1S/C13H11ClFN3O/c1-7-4-11(12(14)17-6-7)18-13(19)9-3-2-8(16)5-10(9)15/h2-6H,16H2,1H3,(H,18,19). The largest absolute Gasteiger partial charge is 0.399 e. The second-order valence-corrected chi connectivity index (χ2v) is 4.40. The number of aromatic nitrogens is 1. The summed E-state index contributed by atoms with van der Waals surface area (Å²) in [6.07, 6.45) is 1.57. The van der Waals surface area contributed by atoms with Crippen LogP contribution in [0.5, 0.6) is 0 Å². The van der Waals surface area contributed by atoms with Crippen molar-refractivity contribution >= 4 is 28.9 Å². The minimum atomic E-state index is -0.686. The van der Waals surface area contributed by atoms with Gasteiger partial charge in [0.1, 0.15) is 5.82 Å². The highest BCUT2D eigenvalue weighted by Crippen LogP contribution is 2.21. The van der Waals surface area contributed by atoms with E-state index in [9.17, 15) is 9.18 Å². The van der Waals surface area contributed by atoms with E-state index in [1.165, 1.54) is 12.1 Å². The van der Waals surface area contributed by atoms with Crippen molar-refractivity contribution < 1.29 is 9.18 Å². The highest BCUT2D eigenvalue weighted by molar-refractivity contribution is 6.32. The first-order valence-electron chi connectivity index (χ1n) is 5.46. The molecule has 1 aromatic heterocycles. The van der Waals surface area contributed by atoms with Gasteiger partial charge in [-0.05, 0) is 36.8 Å². The van der Waals surface area contributed by atoms with Crippen LogP contribution in [0.1, 0.15) is 15.9 Å². The molecule has 98 valence electrons. The van der Waals surface area contributed by atoms with Gasteiger partial charge in [0, 0.05) is 11.9 Å². The second kappa shape index (κ2) is 5.24. The van der Waals surface area contributed by atoms with Crippen LogP contribution in [-0.4, -0.2) is 10.9 Å². The summed E-state index contributed by atoms with van der Waals surface area (Å²) in [5.41, 5.74) is 6.74. The molecule has 0 saturated carbocycles. The van der Waals surface area contributed by atoms with Gasteiger partial charge in [0.2, 0.25) is 0 Å². The van der Waals surface area contributed by atoms with Gasteiger partial charge in [-0.1, -0.05) is 11.6 Å². The molecule has 0 unspecified atom stereocenters. The van der Waals surface area contributed by atoms with Crippen LogP contribution in [0.3, 0.4) is 0 Å². The molecule has 0 fully saturated rings. The number of nitrogens with two attached hydrogens (primary N) is 1. The normalized spacial score (nSPS) is 10.3. The quantitative estimate of drug-likeness (QED) is 0.656. The van der Waals surface area contributed by atoms with Crippen LogP contribution in [0.4, 0.5) is 15.8 Å². The maximum Gasteiger partial charge on any atom is 0.258 e. The number of nitrogens with one attached hydrogen (secondary N) is 1. The molecule has 0 spiro atoms. The van der Waals surface area contributed by atoms with Crippen LogP contribution < -0.4 is 11.1 Å². The summed E-state index contributed by atoms with van der Waals surface area (Å²) in [6, 6.07) is 5.51. The zero-order valence-corrected chi connectivity index (χ0v) is 10.8. The van der Waals surface area contributed by atoms with Crippen LogP contribution in [0.15, 0.2) is 30.5 Å². The number of carbonyl (C=O) groups excluding carboxylic acids is 1. The van der Waals surface area contributed by atoms with Crippen LogP contribution in [0.2, 0.25) is 5.15 Å². The lowest BCUT2D eigenvalue weighted by atomic mass is 10.1. The van der Waals surface area contributed by atoms with Gasteiger partial charge < -0.3 is 11.1 Å². The minimum absolute atomic E-state index is 0.105. The molecule has 4 nitrogen and oxygen atoms in total. The van der Waals surface area contributed by atoms with Gasteiger partial charge in [-0.3, -0.25) is 4.79 Å². The molecule has 3 N–H and O–H groups in total. The van der Waals surface area contributed by atoms with Crippen LogP contribution in [-0.2, 0) is 0 Å². The van der Waals surface area contributed by atoms with Crippen molar-refractivity contribution in [2.45, 2.75) is 6.92 Å². The van der Waals surface area contributed by atoms with E-state index in [1.54, 1.807) is 12.3 Å². The maximum absolute atomic E-state index is 13.6. The van der Waals surface area contributed by atoms with E-state index in [0.717, 1.165) is 11.6 Å². The summed E-state index contributed by atoms with van der Waals surface area (Å²) in [7, 11) is 0. The number of hydrogen-bond donors (Lipinski definition) is 2. The van der Waals surface area contributed by atoms with Crippen LogP contribution in [0.25, 0.3) is 0 Å². The summed E-state index contributed by atoms with van der Waals surface area (Å²) >= 11 is 5.85. The molecular formula is C13H11ClFN3O. The topological polar surface area (TPSA) is 68.0 Å². The van der Waals surface area contributed by atoms with Crippen molar-refractivity contribution in [3.63, 3.8) is 0 Å². The Balaban J connectivity index is 2.28. The van der Waals surface area contributed by atoms with E-state index < -0.39 is 11.7 Å². The summed E-state index contributed by atoms with van der Waals surface area (Å²) in [6.45, 7) is 1.81. The maximum atomic E-state index is 13.6. The molecule has 0 aliphatic carbocycles. The Labute approximate surface area is 114 Å². The molecule has 0 atom stereocenters. The number of rotatable bonds is 2. The van der Waals surface area contributed by atoms with E-state index in [-0.39, 0.29) is 16.4 Å². The number of hydrogen-bond acceptors (Lipinski definition) is 3. The summed E-state index contributed by atoms with van der Waals surface area (Å²) in [5, 5.41) is 2.66. The van der Waals surface area contributed by atoms with Gasteiger partial charge in [0.25, 0.3) is 5.91 Å². The van der Waals surface area contributed by atoms with E-state index in [2.05, 4.69) is 10.3 Å². The molecule has 19 heavy (non-hydrogen) atoms. The molecule has 2 rings (SSSR count). The fourth-order valence-corrected chi connectivity index (χ4v) is 1.70. The van der Waals surface area contributed by atoms with Gasteiger partial charge >= 0.3 is 0 Å². The predicted molar refractivity (Wildman–Crippen MR) is 72.7 cm³/mol. The zero-order valence-electron chi connectivity index (χ0n) is 10.1.